The van der Waals surface area contributed by atoms with Gasteiger partial charge in [0, 0.05) is 49.4 Å². The van der Waals surface area contributed by atoms with Crippen molar-refractivity contribution in [3.05, 3.63) is 164 Å². The number of nitrogens with zero attached hydrogens (tertiary/aromatic N) is 1. The molecule has 49 heavy (non-hydrogen) atoms. The lowest BCUT2D eigenvalue weighted by molar-refractivity contribution is 0.672. The van der Waals surface area contributed by atoms with E-state index in [1.165, 1.54) is 21.5 Å². The van der Waals surface area contributed by atoms with Crippen LogP contribution in [-0.4, -0.2) is 0 Å². The van der Waals surface area contributed by atoms with Crippen molar-refractivity contribution in [3.8, 4) is 0 Å². The van der Waals surface area contributed by atoms with E-state index >= 15 is 0 Å². The summed E-state index contributed by atoms with van der Waals surface area (Å²) in [7, 11) is 0. The van der Waals surface area contributed by atoms with Crippen molar-refractivity contribution in [2.45, 2.75) is 0 Å². The number of rotatable bonds is 3. The number of para-hydroxylation sites is 3. The molecule has 0 saturated carbocycles. The zero-order chi connectivity index (χ0) is 32.1. The SMILES string of the molecule is c1ccc(N(c2ccc3c(ccc4ccc5c6ccccc6oc5c43)c2)c2ccc3c(ccc4ccc5c6ccccc6oc5c43)c2)cc1. The Hall–Kier alpha value is -6.58. The van der Waals surface area contributed by atoms with Crippen LogP contribution in [0.15, 0.2) is 173 Å². The van der Waals surface area contributed by atoms with Crippen molar-refractivity contribution in [1.82, 2.24) is 0 Å². The number of hydrogen-bond donors (Lipinski definition) is 0. The molecule has 2 aromatic heterocycles. The van der Waals surface area contributed by atoms with E-state index in [1.807, 2.05) is 24.3 Å². The third-order valence-corrected chi connectivity index (χ3v) is 10.2. The normalized spacial score (nSPS) is 12.1. The van der Waals surface area contributed by atoms with Gasteiger partial charge in [0.2, 0.25) is 0 Å². The van der Waals surface area contributed by atoms with Crippen LogP contribution in [0.4, 0.5) is 17.1 Å². The van der Waals surface area contributed by atoms with E-state index in [9.17, 15) is 0 Å². The maximum atomic E-state index is 6.49. The molecule has 0 aliphatic rings. The van der Waals surface area contributed by atoms with Crippen molar-refractivity contribution >= 4 is 104 Å². The number of furan rings is 2. The Kier molecular flexibility index (Phi) is 5.38. The molecule has 0 saturated heterocycles. The Bertz CT molecular complexity index is 2920. The van der Waals surface area contributed by atoms with Crippen LogP contribution in [0.2, 0.25) is 0 Å². The van der Waals surface area contributed by atoms with Crippen LogP contribution in [0.25, 0.3) is 87.0 Å². The Labute approximate surface area is 280 Å². The van der Waals surface area contributed by atoms with Crippen molar-refractivity contribution in [3.63, 3.8) is 0 Å². The molecule has 0 unspecified atom stereocenters. The molecule has 0 atom stereocenters. The Morgan fingerprint density at radius 3 is 1.27 bits per heavy atom. The quantitative estimate of drug-likeness (QED) is 0.183. The molecule has 0 N–H and O–H groups in total. The second kappa shape index (κ2) is 9.96. The van der Waals surface area contributed by atoms with Crippen LogP contribution >= 0.6 is 0 Å². The molecular formula is C46H27NO2. The summed E-state index contributed by atoms with van der Waals surface area (Å²) in [6.07, 6.45) is 0. The van der Waals surface area contributed by atoms with Crippen LogP contribution in [-0.2, 0) is 0 Å². The average Bonchev–Trinajstić information content (AvgIpc) is 3.73. The molecule has 0 bridgehead atoms. The summed E-state index contributed by atoms with van der Waals surface area (Å²) in [6.45, 7) is 0. The molecular weight excluding hydrogens is 599 g/mol. The van der Waals surface area contributed by atoms with Crippen LogP contribution < -0.4 is 4.90 Å². The highest BCUT2D eigenvalue weighted by Crippen LogP contribution is 2.43. The number of fused-ring (bicyclic) bond motifs is 14. The van der Waals surface area contributed by atoms with Crippen molar-refractivity contribution in [1.29, 1.82) is 0 Å². The molecule has 3 nitrogen and oxygen atoms in total. The highest BCUT2D eigenvalue weighted by molar-refractivity contribution is 6.24. The van der Waals surface area contributed by atoms with E-state index in [-0.39, 0.29) is 0 Å². The number of benzene rings is 9. The van der Waals surface area contributed by atoms with Gasteiger partial charge in [0.25, 0.3) is 0 Å². The predicted molar refractivity (Wildman–Crippen MR) is 206 cm³/mol. The highest BCUT2D eigenvalue weighted by atomic mass is 16.3. The van der Waals surface area contributed by atoms with Gasteiger partial charge in [0.15, 0.2) is 0 Å². The monoisotopic (exact) mass is 625 g/mol. The summed E-state index contributed by atoms with van der Waals surface area (Å²) >= 11 is 0. The summed E-state index contributed by atoms with van der Waals surface area (Å²) in [4.78, 5) is 2.34. The summed E-state index contributed by atoms with van der Waals surface area (Å²) < 4.78 is 13.0. The molecule has 228 valence electrons. The van der Waals surface area contributed by atoms with Crippen LogP contribution in [0.5, 0.6) is 0 Å². The number of hydrogen-bond acceptors (Lipinski definition) is 3. The van der Waals surface area contributed by atoms with Gasteiger partial charge in [-0.3, -0.25) is 0 Å². The van der Waals surface area contributed by atoms with E-state index < -0.39 is 0 Å². The second-order valence-electron chi connectivity index (χ2n) is 12.9. The first-order valence-electron chi connectivity index (χ1n) is 16.7. The smallest absolute Gasteiger partial charge is 0.143 e. The largest absolute Gasteiger partial charge is 0.455 e. The van der Waals surface area contributed by atoms with Gasteiger partial charge in [-0.2, -0.15) is 0 Å². The summed E-state index contributed by atoms with van der Waals surface area (Å²) in [5, 5.41) is 13.9. The van der Waals surface area contributed by atoms with Gasteiger partial charge in [-0.25, -0.2) is 0 Å². The molecule has 0 aliphatic heterocycles. The van der Waals surface area contributed by atoms with E-state index in [4.69, 9.17) is 8.83 Å². The lowest BCUT2D eigenvalue weighted by Crippen LogP contribution is -2.09. The third-order valence-electron chi connectivity index (χ3n) is 10.2. The van der Waals surface area contributed by atoms with Gasteiger partial charge in [0.1, 0.15) is 22.3 Å². The molecule has 11 rings (SSSR count). The zero-order valence-corrected chi connectivity index (χ0v) is 26.4. The maximum Gasteiger partial charge on any atom is 0.143 e. The fraction of sp³-hybridized carbons (Fsp3) is 0. The lowest BCUT2D eigenvalue weighted by Gasteiger charge is -2.26. The third kappa shape index (κ3) is 3.84. The van der Waals surface area contributed by atoms with Crippen molar-refractivity contribution in [2.75, 3.05) is 4.90 Å². The van der Waals surface area contributed by atoms with Crippen LogP contribution in [0, 0.1) is 0 Å². The molecule has 0 fully saturated rings. The Morgan fingerprint density at radius 2 is 0.735 bits per heavy atom. The standard InChI is InChI=1S/C46H27NO2/c1-2-8-32(9-3-1)47(33-20-24-35-30(26-33)16-14-28-18-22-39-37-10-4-6-12-41(37)48-45(39)43(28)35)34-21-25-36-31(27-34)17-15-29-19-23-40-38-11-5-7-13-42(38)49-46(40)44(29)36/h1-27H. The van der Waals surface area contributed by atoms with Crippen LogP contribution in [0.3, 0.4) is 0 Å². The fourth-order valence-corrected chi connectivity index (χ4v) is 7.93. The van der Waals surface area contributed by atoms with Gasteiger partial charge < -0.3 is 13.7 Å². The maximum absolute atomic E-state index is 6.49. The summed E-state index contributed by atoms with van der Waals surface area (Å²) in [5.41, 5.74) is 7.00. The molecule has 9 aromatic carbocycles. The predicted octanol–water partition coefficient (Wildman–Crippen LogP) is 13.6. The van der Waals surface area contributed by atoms with Crippen molar-refractivity contribution < 1.29 is 8.83 Å². The molecule has 0 amide bonds. The first kappa shape index (κ1) is 26.5. The topological polar surface area (TPSA) is 29.5 Å². The molecule has 0 radical (unpaired) electrons. The first-order chi connectivity index (χ1) is 24.3. The molecule has 0 spiro atoms. The van der Waals surface area contributed by atoms with Gasteiger partial charge in [-0.05, 0) is 93.0 Å². The second-order valence-corrected chi connectivity index (χ2v) is 12.9. The number of anilines is 3. The van der Waals surface area contributed by atoms with Gasteiger partial charge in [-0.15, -0.1) is 0 Å². The van der Waals surface area contributed by atoms with Gasteiger partial charge in [-0.1, -0.05) is 103 Å². The lowest BCUT2D eigenvalue weighted by atomic mass is 9.98. The Balaban J connectivity index is 1.12. The van der Waals surface area contributed by atoms with Crippen LogP contribution in [0.1, 0.15) is 0 Å². The van der Waals surface area contributed by atoms with Gasteiger partial charge >= 0.3 is 0 Å². The van der Waals surface area contributed by atoms with E-state index in [0.29, 0.717) is 0 Å². The minimum absolute atomic E-state index is 0.916. The first-order valence-corrected chi connectivity index (χ1v) is 16.7. The summed E-state index contributed by atoms with van der Waals surface area (Å²) in [5.74, 6) is 0. The van der Waals surface area contributed by atoms with E-state index in [2.05, 4.69) is 144 Å². The fourth-order valence-electron chi connectivity index (χ4n) is 7.93. The van der Waals surface area contributed by atoms with E-state index in [0.717, 1.165) is 82.5 Å². The average molecular weight is 626 g/mol. The molecule has 2 heterocycles. The Morgan fingerprint density at radius 1 is 0.306 bits per heavy atom. The minimum Gasteiger partial charge on any atom is -0.455 e. The zero-order valence-electron chi connectivity index (χ0n) is 26.4. The molecule has 11 aromatic rings. The highest BCUT2D eigenvalue weighted by Gasteiger charge is 2.18. The van der Waals surface area contributed by atoms with Gasteiger partial charge in [0.05, 0.1) is 0 Å². The molecule has 0 aliphatic carbocycles. The molecule has 3 heteroatoms. The minimum atomic E-state index is 0.916. The van der Waals surface area contributed by atoms with E-state index in [1.54, 1.807) is 0 Å². The summed E-state index contributed by atoms with van der Waals surface area (Å²) in [6, 6.07) is 58.4. The van der Waals surface area contributed by atoms with Crippen molar-refractivity contribution in [2.24, 2.45) is 0 Å².